The number of rotatable bonds is 4. The van der Waals surface area contributed by atoms with Crippen LogP contribution in [0.15, 0.2) is 36.4 Å². The lowest BCUT2D eigenvalue weighted by atomic mass is 10.1. The molecule has 0 saturated heterocycles. The van der Waals surface area contributed by atoms with E-state index in [9.17, 15) is 4.79 Å². The van der Waals surface area contributed by atoms with Crippen molar-refractivity contribution < 1.29 is 9.53 Å². The van der Waals surface area contributed by atoms with Gasteiger partial charge in [-0.2, -0.15) is 0 Å². The third-order valence-corrected chi connectivity index (χ3v) is 2.49. The molecule has 0 amide bonds. The Bertz CT molecular complexity index is 430. The summed E-state index contributed by atoms with van der Waals surface area (Å²) in [6, 6.07) is 7.87. The van der Waals surface area contributed by atoms with Gasteiger partial charge in [0.15, 0.2) is 0 Å². The van der Waals surface area contributed by atoms with Crippen LogP contribution in [0.4, 0.5) is 5.69 Å². The van der Waals surface area contributed by atoms with Gasteiger partial charge >= 0.3 is 5.97 Å². The summed E-state index contributed by atoms with van der Waals surface area (Å²) < 4.78 is 5.32. The molecule has 0 N–H and O–H groups in total. The van der Waals surface area contributed by atoms with Gasteiger partial charge in [-0.25, -0.2) is 4.79 Å². The van der Waals surface area contributed by atoms with E-state index in [1.54, 1.807) is 6.92 Å². The number of carbonyl (C=O) groups excluding carboxylic acids is 1. The van der Waals surface area contributed by atoms with Gasteiger partial charge in [0.05, 0.1) is 0 Å². The molecule has 1 aromatic rings. The molecule has 0 saturated carbocycles. The van der Waals surface area contributed by atoms with Crippen molar-refractivity contribution in [2.24, 2.45) is 0 Å². The molecule has 1 unspecified atom stereocenters. The smallest absolute Gasteiger partial charge is 0.333 e. The summed E-state index contributed by atoms with van der Waals surface area (Å²) in [7, 11) is 3.93. The molecule has 0 bridgehead atoms. The van der Waals surface area contributed by atoms with Crippen LogP contribution in [-0.2, 0) is 9.53 Å². The highest BCUT2D eigenvalue weighted by molar-refractivity contribution is 5.87. The molecule has 0 spiro atoms. The maximum Gasteiger partial charge on any atom is 0.333 e. The highest BCUT2D eigenvalue weighted by Gasteiger charge is 2.15. The summed E-state index contributed by atoms with van der Waals surface area (Å²) in [6.07, 6.45) is -0.280. The lowest BCUT2D eigenvalue weighted by Gasteiger charge is -2.21. The first-order valence-corrected chi connectivity index (χ1v) is 5.56. The highest BCUT2D eigenvalue weighted by Crippen LogP contribution is 2.27. The third-order valence-electron chi connectivity index (χ3n) is 2.49. The molecule has 100 valence electrons. The quantitative estimate of drug-likeness (QED) is 0.620. The first kappa shape index (κ1) is 16.5. The van der Waals surface area contributed by atoms with Crippen molar-refractivity contribution in [3.8, 4) is 0 Å². The van der Waals surface area contributed by atoms with E-state index in [2.05, 4.69) is 6.58 Å². The van der Waals surface area contributed by atoms with Gasteiger partial charge in [-0.3, -0.25) is 0 Å². The van der Waals surface area contributed by atoms with E-state index in [1.165, 1.54) is 0 Å². The molecule has 4 heteroatoms. The third kappa shape index (κ3) is 4.08. The molecular weight excluding hydrogens is 250 g/mol. The number of benzene rings is 1. The monoisotopic (exact) mass is 269 g/mol. The van der Waals surface area contributed by atoms with Gasteiger partial charge in [0, 0.05) is 30.9 Å². The van der Waals surface area contributed by atoms with Crippen molar-refractivity contribution in [3.63, 3.8) is 0 Å². The maximum absolute atomic E-state index is 11.5. The van der Waals surface area contributed by atoms with Crippen LogP contribution in [0, 0.1) is 0 Å². The largest absolute Gasteiger partial charge is 0.454 e. The summed E-state index contributed by atoms with van der Waals surface area (Å²) >= 11 is 0. The summed E-state index contributed by atoms with van der Waals surface area (Å²) in [5.41, 5.74) is 2.46. The number of para-hydroxylation sites is 1. The second-order valence-corrected chi connectivity index (χ2v) is 4.28. The van der Waals surface area contributed by atoms with Gasteiger partial charge < -0.3 is 9.64 Å². The average Bonchev–Trinajstić information content (AvgIpc) is 2.28. The lowest BCUT2D eigenvalue weighted by Crippen LogP contribution is -2.15. The van der Waals surface area contributed by atoms with E-state index in [4.69, 9.17) is 4.74 Å². The first-order chi connectivity index (χ1) is 7.93. The van der Waals surface area contributed by atoms with Gasteiger partial charge in [0.25, 0.3) is 0 Å². The summed E-state index contributed by atoms with van der Waals surface area (Å²) in [5, 5.41) is 0. The zero-order chi connectivity index (χ0) is 13.0. The molecule has 1 aromatic carbocycles. The second kappa shape index (κ2) is 7.07. The van der Waals surface area contributed by atoms with Crippen LogP contribution in [-0.4, -0.2) is 20.1 Å². The molecule has 0 fully saturated rings. The molecule has 3 nitrogen and oxygen atoms in total. The first-order valence-electron chi connectivity index (χ1n) is 5.56. The summed E-state index contributed by atoms with van der Waals surface area (Å²) in [6.45, 7) is 7.08. The molecule has 0 aliphatic carbocycles. The van der Waals surface area contributed by atoms with Crippen LogP contribution < -0.4 is 4.90 Å². The van der Waals surface area contributed by atoms with E-state index in [1.807, 2.05) is 50.2 Å². The molecule has 0 aliphatic heterocycles. The summed E-state index contributed by atoms with van der Waals surface area (Å²) in [4.78, 5) is 13.5. The van der Waals surface area contributed by atoms with E-state index in [-0.39, 0.29) is 24.5 Å². The number of halogens is 1. The van der Waals surface area contributed by atoms with Gasteiger partial charge in [0.1, 0.15) is 6.10 Å². The SMILES string of the molecule is C=C(C)C(=O)OC(C)c1ccccc1N(C)C.Cl. The molecule has 1 rings (SSSR count). The van der Waals surface area contributed by atoms with Crippen LogP contribution >= 0.6 is 12.4 Å². The molecule has 0 heterocycles. The fourth-order valence-corrected chi connectivity index (χ4v) is 1.56. The minimum atomic E-state index is -0.356. The van der Waals surface area contributed by atoms with E-state index >= 15 is 0 Å². The average molecular weight is 270 g/mol. The second-order valence-electron chi connectivity index (χ2n) is 4.28. The highest BCUT2D eigenvalue weighted by atomic mass is 35.5. The van der Waals surface area contributed by atoms with Crippen molar-refractivity contribution in [2.75, 3.05) is 19.0 Å². The minimum absolute atomic E-state index is 0. The molecule has 0 aromatic heterocycles. The van der Waals surface area contributed by atoms with Crippen molar-refractivity contribution >= 4 is 24.1 Å². The predicted molar refractivity (Wildman–Crippen MR) is 77.3 cm³/mol. The number of hydrogen-bond acceptors (Lipinski definition) is 3. The Hall–Kier alpha value is -1.48. The zero-order valence-corrected chi connectivity index (χ0v) is 12.1. The molecule has 0 radical (unpaired) electrons. The minimum Gasteiger partial charge on any atom is -0.454 e. The van der Waals surface area contributed by atoms with Gasteiger partial charge in [-0.05, 0) is 19.9 Å². The van der Waals surface area contributed by atoms with Gasteiger partial charge in [-0.1, -0.05) is 24.8 Å². The molecule has 0 aliphatic rings. The Morgan fingerprint density at radius 1 is 1.33 bits per heavy atom. The van der Waals surface area contributed by atoms with Crippen molar-refractivity contribution in [2.45, 2.75) is 20.0 Å². The fourth-order valence-electron chi connectivity index (χ4n) is 1.56. The maximum atomic E-state index is 11.5. The normalized spacial score (nSPS) is 11.1. The topological polar surface area (TPSA) is 29.5 Å². The Labute approximate surface area is 115 Å². The Kier molecular flexibility index (Phi) is 6.48. The number of carbonyl (C=O) groups is 1. The van der Waals surface area contributed by atoms with Crippen LogP contribution in [0.3, 0.4) is 0 Å². The van der Waals surface area contributed by atoms with Gasteiger partial charge in [-0.15, -0.1) is 12.4 Å². The number of ether oxygens (including phenoxy) is 1. The lowest BCUT2D eigenvalue weighted by molar-refractivity contribution is -0.143. The predicted octanol–water partition coefficient (Wildman–Crippen LogP) is 3.35. The van der Waals surface area contributed by atoms with Crippen LogP contribution in [0.5, 0.6) is 0 Å². The fraction of sp³-hybridized carbons (Fsp3) is 0.357. The van der Waals surface area contributed by atoms with E-state index in [0.29, 0.717) is 5.57 Å². The van der Waals surface area contributed by atoms with Crippen LogP contribution in [0.25, 0.3) is 0 Å². The van der Waals surface area contributed by atoms with Crippen molar-refractivity contribution in [1.82, 2.24) is 0 Å². The molecule has 1 atom stereocenters. The number of nitrogens with zero attached hydrogens (tertiary/aromatic N) is 1. The van der Waals surface area contributed by atoms with E-state index < -0.39 is 0 Å². The Morgan fingerprint density at radius 2 is 1.89 bits per heavy atom. The van der Waals surface area contributed by atoms with Crippen LogP contribution in [0.1, 0.15) is 25.5 Å². The summed E-state index contributed by atoms with van der Waals surface area (Å²) in [5.74, 6) is -0.356. The molecule has 18 heavy (non-hydrogen) atoms. The Morgan fingerprint density at radius 3 is 2.39 bits per heavy atom. The zero-order valence-electron chi connectivity index (χ0n) is 11.3. The van der Waals surface area contributed by atoms with Gasteiger partial charge in [0.2, 0.25) is 0 Å². The number of esters is 1. The van der Waals surface area contributed by atoms with Crippen LogP contribution in [0.2, 0.25) is 0 Å². The molecular formula is C14H20ClNO2. The van der Waals surface area contributed by atoms with Crippen molar-refractivity contribution in [1.29, 1.82) is 0 Å². The number of anilines is 1. The Balaban J connectivity index is 0.00000289. The standard InChI is InChI=1S/C14H19NO2.ClH/c1-10(2)14(16)17-11(3)12-8-6-7-9-13(12)15(4)5;/h6-9,11H,1H2,2-5H3;1H. The van der Waals surface area contributed by atoms with E-state index in [0.717, 1.165) is 11.3 Å². The number of hydrogen-bond donors (Lipinski definition) is 0. The van der Waals surface area contributed by atoms with Crippen molar-refractivity contribution in [3.05, 3.63) is 42.0 Å².